The second-order valence-electron chi connectivity index (χ2n) is 3.81. The minimum Gasteiger partial charge on any atom is -0.246 e. The lowest BCUT2D eigenvalue weighted by Gasteiger charge is -2.18. The molecule has 0 bridgehead atoms. The van der Waals surface area contributed by atoms with Gasteiger partial charge in [-0.25, -0.2) is 4.99 Å². The lowest BCUT2D eigenvalue weighted by molar-refractivity contribution is 0.526. The molecule has 0 spiro atoms. The van der Waals surface area contributed by atoms with E-state index in [1.54, 1.807) is 6.21 Å². The number of hydrogen-bond acceptors (Lipinski definition) is 2. The van der Waals surface area contributed by atoms with E-state index in [1.807, 2.05) is 19.1 Å². The molecular weight excluding hydrogens is 160 g/mol. The van der Waals surface area contributed by atoms with Crippen molar-refractivity contribution in [3.63, 3.8) is 0 Å². The summed E-state index contributed by atoms with van der Waals surface area (Å²) in [5.74, 6) is 0. The van der Waals surface area contributed by atoms with Crippen LogP contribution >= 0.6 is 0 Å². The summed E-state index contributed by atoms with van der Waals surface area (Å²) in [6.07, 6.45) is 3.69. The molecule has 0 unspecified atom stereocenters. The molecule has 0 radical (unpaired) electrons. The van der Waals surface area contributed by atoms with Gasteiger partial charge >= 0.3 is 0 Å². The fourth-order valence-electron chi connectivity index (χ4n) is 0.878. The highest BCUT2D eigenvalue weighted by Gasteiger charge is 2.13. The number of aliphatic imine (C=N–C) groups is 1. The van der Waals surface area contributed by atoms with E-state index >= 15 is 0 Å². The monoisotopic (exact) mass is 176 g/mol. The fourth-order valence-corrected chi connectivity index (χ4v) is 0.878. The minimum atomic E-state index is 0.0635. The van der Waals surface area contributed by atoms with E-state index in [-0.39, 0.29) is 11.1 Å². The highest BCUT2D eigenvalue weighted by molar-refractivity contribution is 5.81. The lowest BCUT2D eigenvalue weighted by Crippen LogP contribution is -2.10. The molecule has 2 nitrogen and oxygen atoms in total. The number of hydrogen-bond donors (Lipinski definition) is 0. The molecule has 70 valence electrons. The van der Waals surface area contributed by atoms with Crippen molar-refractivity contribution in [2.75, 3.05) is 0 Å². The summed E-state index contributed by atoms with van der Waals surface area (Å²) in [6, 6.07) is 1.88. The van der Waals surface area contributed by atoms with Gasteiger partial charge in [-0.2, -0.15) is 5.26 Å². The molecule has 0 saturated heterocycles. The van der Waals surface area contributed by atoms with E-state index in [0.29, 0.717) is 0 Å². The maximum atomic E-state index is 8.44. The molecule has 0 rings (SSSR count). The normalized spacial score (nSPS) is 13.0. The fraction of sp³-hybridized carbons (Fsp3) is 0.455. The van der Waals surface area contributed by atoms with Crippen LogP contribution < -0.4 is 0 Å². The van der Waals surface area contributed by atoms with Crippen LogP contribution in [0.1, 0.15) is 27.7 Å². The second kappa shape index (κ2) is 4.61. The third kappa shape index (κ3) is 4.27. The van der Waals surface area contributed by atoms with Crippen LogP contribution in [0.2, 0.25) is 0 Å². The van der Waals surface area contributed by atoms with Crippen molar-refractivity contribution in [3.8, 4) is 6.07 Å². The summed E-state index contributed by atoms with van der Waals surface area (Å²) in [7, 11) is 0. The predicted molar refractivity (Wildman–Crippen MR) is 56.5 cm³/mol. The number of rotatable bonds is 2. The Bertz CT molecular complexity index is 282. The Morgan fingerprint density at radius 1 is 1.46 bits per heavy atom. The van der Waals surface area contributed by atoms with Crippen molar-refractivity contribution >= 4 is 6.21 Å². The van der Waals surface area contributed by atoms with Crippen LogP contribution in [-0.2, 0) is 0 Å². The number of nitriles is 1. The summed E-state index contributed by atoms with van der Waals surface area (Å²) in [6.45, 7) is 11.7. The Morgan fingerprint density at radius 3 is 2.31 bits per heavy atom. The zero-order valence-corrected chi connectivity index (χ0v) is 8.76. The topological polar surface area (TPSA) is 36.1 Å². The molecule has 0 aromatic carbocycles. The SMILES string of the molecule is C=C(C#N)N=C/C(=C\C)C(C)(C)C. The van der Waals surface area contributed by atoms with Gasteiger partial charge in [0.1, 0.15) is 11.8 Å². The van der Waals surface area contributed by atoms with E-state index in [9.17, 15) is 0 Å². The van der Waals surface area contributed by atoms with Crippen LogP contribution in [0.15, 0.2) is 28.9 Å². The first-order valence-electron chi connectivity index (χ1n) is 4.21. The summed E-state index contributed by atoms with van der Waals surface area (Å²) in [4.78, 5) is 3.93. The molecule has 2 heteroatoms. The van der Waals surface area contributed by atoms with Crippen LogP contribution in [0.4, 0.5) is 0 Å². The van der Waals surface area contributed by atoms with Crippen molar-refractivity contribution < 1.29 is 0 Å². The molecule has 0 aliphatic heterocycles. The van der Waals surface area contributed by atoms with E-state index in [2.05, 4.69) is 32.3 Å². The molecular formula is C11H16N2. The third-order valence-electron chi connectivity index (χ3n) is 1.67. The van der Waals surface area contributed by atoms with Crippen molar-refractivity contribution in [2.24, 2.45) is 10.4 Å². The minimum absolute atomic E-state index is 0.0635. The second-order valence-corrected chi connectivity index (χ2v) is 3.81. The van der Waals surface area contributed by atoms with Gasteiger partial charge < -0.3 is 0 Å². The van der Waals surface area contributed by atoms with Crippen LogP contribution in [0.25, 0.3) is 0 Å². The molecule has 0 aliphatic carbocycles. The van der Waals surface area contributed by atoms with E-state index in [4.69, 9.17) is 5.26 Å². The predicted octanol–water partition coefficient (Wildman–Crippen LogP) is 3.09. The first-order chi connectivity index (χ1) is 5.91. The number of nitrogens with zero attached hydrogens (tertiary/aromatic N) is 2. The lowest BCUT2D eigenvalue weighted by atomic mass is 9.87. The Hall–Kier alpha value is -1.36. The number of allylic oxidation sites excluding steroid dienone is 3. The molecule has 0 N–H and O–H groups in total. The van der Waals surface area contributed by atoms with Gasteiger partial charge in [0.25, 0.3) is 0 Å². The largest absolute Gasteiger partial charge is 0.246 e. The average molecular weight is 176 g/mol. The highest BCUT2D eigenvalue weighted by atomic mass is 14.7. The molecule has 0 aromatic rings. The highest BCUT2D eigenvalue weighted by Crippen LogP contribution is 2.23. The van der Waals surface area contributed by atoms with Crippen molar-refractivity contribution in [1.82, 2.24) is 0 Å². The van der Waals surface area contributed by atoms with Crippen molar-refractivity contribution in [3.05, 3.63) is 23.9 Å². The Morgan fingerprint density at radius 2 is 2.00 bits per heavy atom. The Labute approximate surface area is 80.3 Å². The van der Waals surface area contributed by atoms with E-state index in [0.717, 1.165) is 5.57 Å². The van der Waals surface area contributed by atoms with Crippen LogP contribution in [0.5, 0.6) is 0 Å². The van der Waals surface area contributed by atoms with Crippen LogP contribution in [-0.4, -0.2) is 6.21 Å². The van der Waals surface area contributed by atoms with Crippen molar-refractivity contribution in [2.45, 2.75) is 27.7 Å². The smallest absolute Gasteiger partial charge is 0.133 e. The van der Waals surface area contributed by atoms with Gasteiger partial charge in [0, 0.05) is 6.21 Å². The van der Waals surface area contributed by atoms with Gasteiger partial charge in [-0.05, 0) is 17.9 Å². The molecule has 0 atom stereocenters. The standard InChI is InChI=1S/C11H16N2/c1-6-10(11(3,4)5)8-13-9(2)7-12/h6,8H,2H2,1,3-5H3/b10-6+,13-8?. The summed E-state index contributed by atoms with van der Waals surface area (Å²) in [5, 5.41) is 8.44. The zero-order chi connectivity index (χ0) is 10.5. The van der Waals surface area contributed by atoms with Crippen LogP contribution in [0.3, 0.4) is 0 Å². The van der Waals surface area contributed by atoms with Gasteiger partial charge in [0.2, 0.25) is 0 Å². The maximum Gasteiger partial charge on any atom is 0.133 e. The van der Waals surface area contributed by atoms with Crippen molar-refractivity contribution in [1.29, 1.82) is 5.26 Å². The molecule has 13 heavy (non-hydrogen) atoms. The average Bonchev–Trinajstić information content (AvgIpc) is 2.02. The first-order valence-corrected chi connectivity index (χ1v) is 4.21. The molecule has 0 aliphatic rings. The quantitative estimate of drug-likeness (QED) is 0.470. The Kier molecular flexibility index (Phi) is 4.13. The van der Waals surface area contributed by atoms with E-state index < -0.39 is 0 Å². The molecule has 0 amide bonds. The van der Waals surface area contributed by atoms with E-state index in [1.165, 1.54) is 0 Å². The summed E-state index contributed by atoms with van der Waals surface area (Å²) >= 11 is 0. The third-order valence-corrected chi connectivity index (χ3v) is 1.67. The van der Waals surface area contributed by atoms with Gasteiger partial charge in [0.15, 0.2) is 0 Å². The Balaban J connectivity index is 4.62. The maximum absolute atomic E-state index is 8.44. The molecule has 0 aromatic heterocycles. The molecule has 0 fully saturated rings. The van der Waals surface area contributed by atoms with Gasteiger partial charge in [0.05, 0.1) is 0 Å². The van der Waals surface area contributed by atoms with Gasteiger partial charge in [-0.1, -0.05) is 33.4 Å². The zero-order valence-electron chi connectivity index (χ0n) is 8.76. The first kappa shape index (κ1) is 11.6. The molecule has 0 saturated carbocycles. The summed E-state index contributed by atoms with van der Waals surface area (Å²) in [5.41, 5.74) is 1.40. The van der Waals surface area contributed by atoms with Gasteiger partial charge in [-0.3, -0.25) is 0 Å². The van der Waals surface area contributed by atoms with Crippen LogP contribution in [0, 0.1) is 16.7 Å². The van der Waals surface area contributed by atoms with Gasteiger partial charge in [-0.15, -0.1) is 0 Å². The molecule has 0 heterocycles. The summed E-state index contributed by atoms with van der Waals surface area (Å²) < 4.78 is 0.